The first-order valence-corrected chi connectivity index (χ1v) is 6.68. The zero-order valence-corrected chi connectivity index (χ0v) is 11.4. The largest absolute Gasteiger partial charge is 0.398 e. The molecule has 0 atom stereocenters. The molecular weight excluding hydrogens is 276 g/mol. The maximum atomic E-state index is 6.00. The molecule has 0 amide bonds. The van der Waals surface area contributed by atoms with Crippen molar-refractivity contribution in [3.63, 3.8) is 0 Å². The molecule has 0 bridgehead atoms. The van der Waals surface area contributed by atoms with Gasteiger partial charge in [-0.2, -0.15) is 0 Å². The van der Waals surface area contributed by atoms with E-state index in [9.17, 15) is 0 Å². The summed E-state index contributed by atoms with van der Waals surface area (Å²) in [5.41, 5.74) is 7.99. The molecule has 0 aromatic heterocycles. The SMILES string of the molecule is C#CCN(Cc1ccc(Br)cc1N)CC1CC1. The number of nitrogen functional groups attached to an aromatic ring is 1. The van der Waals surface area contributed by atoms with E-state index in [0.717, 1.165) is 34.7 Å². The highest BCUT2D eigenvalue weighted by Gasteiger charge is 2.24. The molecule has 17 heavy (non-hydrogen) atoms. The summed E-state index contributed by atoms with van der Waals surface area (Å²) in [6.07, 6.45) is 8.10. The van der Waals surface area contributed by atoms with Gasteiger partial charge in [0.25, 0.3) is 0 Å². The summed E-state index contributed by atoms with van der Waals surface area (Å²) in [7, 11) is 0. The summed E-state index contributed by atoms with van der Waals surface area (Å²) in [5.74, 6) is 3.58. The second kappa shape index (κ2) is 5.57. The van der Waals surface area contributed by atoms with Gasteiger partial charge in [-0.1, -0.05) is 27.9 Å². The van der Waals surface area contributed by atoms with E-state index in [-0.39, 0.29) is 0 Å². The number of terminal acetylenes is 1. The summed E-state index contributed by atoms with van der Waals surface area (Å²) < 4.78 is 1.02. The third-order valence-electron chi connectivity index (χ3n) is 3.03. The fourth-order valence-corrected chi connectivity index (χ4v) is 2.31. The van der Waals surface area contributed by atoms with E-state index in [1.54, 1.807) is 0 Å². The van der Waals surface area contributed by atoms with Crippen molar-refractivity contribution in [2.45, 2.75) is 19.4 Å². The quantitative estimate of drug-likeness (QED) is 0.668. The summed E-state index contributed by atoms with van der Waals surface area (Å²) in [6.45, 7) is 2.64. The normalized spacial score (nSPS) is 14.9. The number of hydrogen-bond acceptors (Lipinski definition) is 2. The topological polar surface area (TPSA) is 29.3 Å². The van der Waals surface area contributed by atoms with Crippen LogP contribution in [0.1, 0.15) is 18.4 Å². The first-order valence-electron chi connectivity index (χ1n) is 5.88. The van der Waals surface area contributed by atoms with Crippen molar-refractivity contribution >= 4 is 21.6 Å². The molecule has 0 radical (unpaired) electrons. The van der Waals surface area contributed by atoms with E-state index in [1.807, 2.05) is 12.1 Å². The van der Waals surface area contributed by atoms with Crippen molar-refractivity contribution < 1.29 is 0 Å². The zero-order valence-electron chi connectivity index (χ0n) is 9.82. The lowest BCUT2D eigenvalue weighted by molar-refractivity contribution is 0.287. The number of halogens is 1. The van der Waals surface area contributed by atoms with Gasteiger partial charge < -0.3 is 5.73 Å². The van der Waals surface area contributed by atoms with Crippen molar-refractivity contribution in [2.75, 3.05) is 18.8 Å². The molecule has 0 aliphatic heterocycles. The lowest BCUT2D eigenvalue weighted by Crippen LogP contribution is -2.26. The van der Waals surface area contributed by atoms with Crippen molar-refractivity contribution in [1.29, 1.82) is 0 Å². The minimum atomic E-state index is 0.700. The van der Waals surface area contributed by atoms with E-state index in [0.29, 0.717) is 6.54 Å². The van der Waals surface area contributed by atoms with Gasteiger partial charge in [0.05, 0.1) is 6.54 Å². The molecule has 0 spiro atoms. The van der Waals surface area contributed by atoms with Crippen molar-refractivity contribution in [3.05, 3.63) is 28.2 Å². The average molecular weight is 293 g/mol. The molecule has 0 heterocycles. The second-order valence-corrected chi connectivity index (χ2v) is 5.58. The number of anilines is 1. The Morgan fingerprint density at radius 1 is 1.47 bits per heavy atom. The van der Waals surface area contributed by atoms with Gasteiger partial charge in [-0.25, -0.2) is 0 Å². The van der Waals surface area contributed by atoms with Gasteiger partial charge in [0.15, 0.2) is 0 Å². The van der Waals surface area contributed by atoms with Crippen LogP contribution in [0.15, 0.2) is 22.7 Å². The third-order valence-corrected chi connectivity index (χ3v) is 3.52. The number of nitrogens with two attached hydrogens (primary N) is 1. The molecule has 1 fully saturated rings. The zero-order chi connectivity index (χ0) is 12.3. The van der Waals surface area contributed by atoms with E-state index < -0.39 is 0 Å². The summed E-state index contributed by atoms with van der Waals surface area (Å²) in [6, 6.07) is 6.03. The minimum absolute atomic E-state index is 0.700. The minimum Gasteiger partial charge on any atom is -0.398 e. The van der Waals surface area contributed by atoms with Gasteiger partial charge in [0, 0.05) is 23.2 Å². The van der Waals surface area contributed by atoms with Crippen molar-refractivity contribution in [3.8, 4) is 12.3 Å². The molecule has 1 aliphatic rings. The Hall–Kier alpha value is -0.980. The third kappa shape index (κ3) is 3.76. The van der Waals surface area contributed by atoms with Crippen LogP contribution in [-0.4, -0.2) is 18.0 Å². The van der Waals surface area contributed by atoms with Gasteiger partial charge >= 0.3 is 0 Å². The van der Waals surface area contributed by atoms with Crippen LogP contribution in [0.5, 0.6) is 0 Å². The summed E-state index contributed by atoms with van der Waals surface area (Å²) in [4.78, 5) is 2.30. The van der Waals surface area contributed by atoms with Gasteiger partial charge in [-0.15, -0.1) is 6.42 Å². The Balaban J connectivity index is 2.02. The Labute approximate surface area is 111 Å². The molecule has 1 aromatic carbocycles. The Bertz CT molecular complexity index is 432. The number of rotatable bonds is 5. The predicted octanol–water partition coefficient (Wildman–Crippen LogP) is 2.88. The molecule has 2 nitrogen and oxygen atoms in total. The van der Waals surface area contributed by atoms with E-state index in [1.165, 1.54) is 12.8 Å². The van der Waals surface area contributed by atoms with E-state index in [4.69, 9.17) is 12.2 Å². The van der Waals surface area contributed by atoms with Crippen LogP contribution in [0.3, 0.4) is 0 Å². The van der Waals surface area contributed by atoms with Crippen LogP contribution in [0.25, 0.3) is 0 Å². The Morgan fingerprint density at radius 3 is 2.82 bits per heavy atom. The summed E-state index contributed by atoms with van der Waals surface area (Å²) >= 11 is 3.42. The molecule has 2 N–H and O–H groups in total. The Morgan fingerprint density at radius 2 is 2.24 bits per heavy atom. The molecule has 1 aromatic rings. The predicted molar refractivity (Wildman–Crippen MR) is 75.4 cm³/mol. The van der Waals surface area contributed by atoms with Gasteiger partial charge in [0.2, 0.25) is 0 Å². The molecule has 0 unspecified atom stereocenters. The maximum absolute atomic E-state index is 6.00. The smallest absolute Gasteiger partial charge is 0.0601 e. The highest BCUT2D eigenvalue weighted by molar-refractivity contribution is 9.10. The number of hydrogen-bond donors (Lipinski definition) is 1. The van der Waals surface area contributed by atoms with Gasteiger partial charge in [-0.05, 0) is 36.5 Å². The molecule has 0 saturated heterocycles. The molecule has 3 heteroatoms. The molecular formula is C14H17BrN2. The van der Waals surface area contributed by atoms with Crippen LogP contribution in [0, 0.1) is 18.3 Å². The first kappa shape index (κ1) is 12.5. The van der Waals surface area contributed by atoms with Crippen LogP contribution in [-0.2, 0) is 6.54 Å². The van der Waals surface area contributed by atoms with Crippen LogP contribution < -0.4 is 5.73 Å². The lowest BCUT2D eigenvalue weighted by Gasteiger charge is -2.20. The fourth-order valence-electron chi connectivity index (χ4n) is 1.93. The lowest BCUT2D eigenvalue weighted by atomic mass is 10.1. The van der Waals surface area contributed by atoms with Crippen LogP contribution >= 0.6 is 15.9 Å². The fraction of sp³-hybridized carbons (Fsp3) is 0.429. The molecule has 1 aliphatic carbocycles. The number of nitrogens with zero attached hydrogens (tertiary/aromatic N) is 1. The van der Waals surface area contributed by atoms with Gasteiger partial charge in [0.1, 0.15) is 0 Å². The van der Waals surface area contributed by atoms with Crippen LogP contribution in [0.4, 0.5) is 5.69 Å². The monoisotopic (exact) mass is 292 g/mol. The highest BCUT2D eigenvalue weighted by Crippen LogP contribution is 2.30. The van der Waals surface area contributed by atoms with Crippen LogP contribution in [0.2, 0.25) is 0 Å². The Kier molecular flexibility index (Phi) is 4.09. The standard InChI is InChI=1S/C14H17BrN2/c1-2-7-17(9-11-3-4-11)10-12-5-6-13(15)8-14(12)16/h1,5-6,8,11H,3-4,7,9-10,16H2. The molecule has 90 valence electrons. The number of benzene rings is 1. The molecule has 1 saturated carbocycles. The average Bonchev–Trinajstić information content (AvgIpc) is 3.06. The van der Waals surface area contributed by atoms with Gasteiger partial charge in [-0.3, -0.25) is 4.90 Å². The maximum Gasteiger partial charge on any atom is 0.0601 e. The van der Waals surface area contributed by atoms with Crippen molar-refractivity contribution in [2.24, 2.45) is 5.92 Å². The highest BCUT2D eigenvalue weighted by atomic mass is 79.9. The van der Waals surface area contributed by atoms with E-state index in [2.05, 4.69) is 32.8 Å². The molecule has 2 rings (SSSR count). The summed E-state index contributed by atoms with van der Waals surface area (Å²) in [5, 5.41) is 0. The van der Waals surface area contributed by atoms with E-state index >= 15 is 0 Å². The van der Waals surface area contributed by atoms with Crippen molar-refractivity contribution in [1.82, 2.24) is 4.90 Å². The second-order valence-electron chi connectivity index (χ2n) is 4.66. The first-order chi connectivity index (χ1) is 8.19.